The number of pyridine rings is 1. The fraction of sp³-hybridized carbons (Fsp3) is 0.500. The van der Waals surface area contributed by atoms with Crippen LogP contribution in [0.15, 0.2) is 18.2 Å². The maximum atomic E-state index is 12.8. The third-order valence-corrected chi connectivity index (χ3v) is 1.96. The maximum Gasteiger partial charge on any atom is 0.214 e. The smallest absolute Gasteiger partial charge is 0.214 e. The molecule has 0 unspecified atom stereocenters. The summed E-state index contributed by atoms with van der Waals surface area (Å²) in [6.07, 6.45) is 0. The molecule has 0 radical (unpaired) electrons. The third kappa shape index (κ3) is 2.41. The van der Waals surface area contributed by atoms with Gasteiger partial charge in [-0.1, -0.05) is 6.07 Å². The molecule has 0 N–H and O–H groups in total. The van der Waals surface area contributed by atoms with Gasteiger partial charge in [-0.3, -0.25) is 0 Å². The second kappa shape index (κ2) is 4.21. The predicted octanol–water partition coefficient (Wildman–Crippen LogP) is 2.46. The van der Waals surface area contributed by atoms with Crippen LogP contribution >= 0.6 is 0 Å². The van der Waals surface area contributed by atoms with E-state index in [1.807, 2.05) is 17.9 Å². The quantitative estimate of drug-likeness (QED) is 0.667. The molecule has 2 nitrogen and oxygen atoms in total. The monoisotopic (exact) mass is 182 g/mol. The second-order valence-electron chi connectivity index (χ2n) is 3.20. The average molecular weight is 182 g/mol. The Morgan fingerprint density at radius 3 is 2.62 bits per heavy atom. The van der Waals surface area contributed by atoms with Crippen LogP contribution in [0.3, 0.4) is 0 Å². The van der Waals surface area contributed by atoms with Crippen molar-refractivity contribution in [2.24, 2.45) is 0 Å². The summed E-state index contributed by atoms with van der Waals surface area (Å²) in [5, 5.41) is 0. The van der Waals surface area contributed by atoms with Crippen LogP contribution in [0.4, 0.5) is 10.2 Å². The highest BCUT2D eigenvalue weighted by Crippen LogP contribution is 2.13. The molecule has 1 heterocycles. The third-order valence-electron chi connectivity index (χ3n) is 1.96. The van der Waals surface area contributed by atoms with E-state index in [9.17, 15) is 4.39 Å². The van der Waals surface area contributed by atoms with Gasteiger partial charge in [0.25, 0.3) is 0 Å². The summed E-state index contributed by atoms with van der Waals surface area (Å²) >= 11 is 0. The van der Waals surface area contributed by atoms with Gasteiger partial charge in [0, 0.05) is 12.6 Å². The van der Waals surface area contributed by atoms with Crippen LogP contribution in [0, 0.1) is 5.95 Å². The van der Waals surface area contributed by atoms with Crippen LogP contribution in [0.2, 0.25) is 0 Å². The summed E-state index contributed by atoms with van der Waals surface area (Å²) in [4.78, 5) is 5.87. The summed E-state index contributed by atoms with van der Waals surface area (Å²) in [5.41, 5.74) is 0. The molecule has 1 aromatic heterocycles. The first-order chi connectivity index (χ1) is 6.15. The number of hydrogen-bond acceptors (Lipinski definition) is 2. The Bertz CT molecular complexity index is 273. The predicted molar refractivity (Wildman–Crippen MR) is 52.4 cm³/mol. The van der Waals surface area contributed by atoms with Crippen LogP contribution in [-0.4, -0.2) is 17.6 Å². The molecule has 0 bridgehead atoms. The Balaban J connectivity index is 2.91. The number of rotatable bonds is 3. The Hall–Kier alpha value is -1.12. The maximum absolute atomic E-state index is 12.8. The molecule has 0 aliphatic heterocycles. The van der Waals surface area contributed by atoms with E-state index in [4.69, 9.17) is 0 Å². The average Bonchev–Trinajstić information content (AvgIpc) is 2.04. The lowest BCUT2D eigenvalue weighted by atomic mass is 10.3. The molecule has 0 aromatic carbocycles. The van der Waals surface area contributed by atoms with Crippen LogP contribution in [0.25, 0.3) is 0 Å². The molecular formula is C10H15FN2. The van der Waals surface area contributed by atoms with E-state index < -0.39 is 5.95 Å². The minimum Gasteiger partial charge on any atom is -0.354 e. The summed E-state index contributed by atoms with van der Waals surface area (Å²) < 4.78 is 12.8. The van der Waals surface area contributed by atoms with Gasteiger partial charge in [0.15, 0.2) is 0 Å². The fourth-order valence-electron chi connectivity index (χ4n) is 1.35. The van der Waals surface area contributed by atoms with Crippen molar-refractivity contribution >= 4 is 5.82 Å². The molecule has 72 valence electrons. The molecule has 13 heavy (non-hydrogen) atoms. The minimum atomic E-state index is -0.420. The highest BCUT2D eigenvalue weighted by atomic mass is 19.1. The molecular weight excluding hydrogens is 167 g/mol. The van der Waals surface area contributed by atoms with E-state index in [-0.39, 0.29) is 0 Å². The molecule has 0 saturated carbocycles. The van der Waals surface area contributed by atoms with Crippen LogP contribution in [0.1, 0.15) is 20.8 Å². The van der Waals surface area contributed by atoms with Crippen LogP contribution in [0.5, 0.6) is 0 Å². The zero-order valence-electron chi connectivity index (χ0n) is 8.29. The highest BCUT2D eigenvalue weighted by molar-refractivity contribution is 5.38. The standard InChI is InChI=1S/C10H15FN2/c1-4-13(8(2)3)10-7-5-6-9(11)12-10/h5-8H,4H2,1-3H3. The van der Waals surface area contributed by atoms with E-state index in [2.05, 4.69) is 18.8 Å². The van der Waals surface area contributed by atoms with Gasteiger partial charge >= 0.3 is 0 Å². The highest BCUT2D eigenvalue weighted by Gasteiger charge is 2.09. The molecule has 3 heteroatoms. The molecule has 0 atom stereocenters. The van der Waals surface area contributed by atoms with Gasteiger partial charge in [-0.25, -0.2) is 4.98 Å². The molecule has 1 rings (SSSR count). The first kappa shape index (κ1) is 9.96. The molecule has 0 aliphatic carbocycles. The first-order valence-electron chi connectivity index (χ1n) is 4.54. The molecule has 0 spiro atoms. The van der Waals surface area contributed by atoms with Gasteiger partial charge in [-0.05, 0) is 32.9 Å². The van der Waals surface area contributed by atoms with Gasteiger partial charge in [0.1, 0.15) is 5.82 Å². The van der Waals surface area contributed by atoms with E-state index >= 15 is 0 Å². The topological polar surface area (TPSA) is 16.1 Å². The normalized spacial score (nSPS) is 10.5. The van der Waals surface area contributed by atoms with Crippen LogP contribution in [-0.2, 0) is 0 Å². The van der Waals surface area contributed by atoms with Gasteiger partial charge in [0.05, 0.1) is 0 Å². The van der Waals surface area contributed by atoms with Crippen molar-refractivity contribution in [3.05, 3.63) is 24.1 Å². The number of anilines is 1. The number of nitrogens with zero attached hydrogens (tertiary/aromatic N) is 2. The molecule has 0 aliphatic rings. The second-order valence-corrected chi connectivity index (χ2v) is 3.20. The summed E-state index contributed by atoms with van der Waals surface area (Å²) in [6, 6.07) is 5.21. The van der Waals surface area contributed by atoms with Gasteiger partial charge in [-0.2, -0.15) is 4.39 Å². The van der Waals surface area contributed by atoms with E-state index in [0.29, 0.717) is 11.9 Å². The molecule has 0 saturated heterocycles. The Morgan fingerprint density at radius 2 is 2.15 bits per heavy atom. The first-order valence-corrected chi connectivity index (χ1v) is 4.54. The van der Waals surface area contributed by atoms with Crippen molar-refractivity contribution < 1.29 is 4.39 Å². The van der Waals surface area contributed by atoms with E-state index in [0.717, 1.165) is 6.54 Å². The van der Waals surface area contributed by atoms with E-state index in [1.165, 1.54) is 6.07 Å². The number of hydrogen-bond donors (Lipinski definition) is 0. The number of halogens is 1. The number of aromatic nitrogens is 1. The SMILES string of the molecule is CCN(c1cccc(F)n1)C(C)C. The Labute approximate surface area is 78.4 Å². The van der Waals surface area contributed by atoms with Gasteiger partial charge in [-0.15, -0.1) is 0 Å². The van der Waals surface area contributed by atoms with Crippen molar-refractivity contribution in [2.75, 3.05) is 11.4 Å². The van der Waals surface area contributed by atoms with E-state index in [1.54, 1.807) is 6.07 Å². The van der Waals surface area contributed by atoms with Crippen molar-refractivity contribution in [1.29, 1.82) is 0 Å². The lowest BCUT2D eigenvalue weighted by Crippen LogP contribution is -2.31. The van der Waals surface area contributed by atoms with Gasteiger partial charge < -0.3 is 4.90 Å². The summed E-state index contributed by atoms with van der Waals surface area (Å²) in [7, 11) is 0. The Kier molecular flexibility index (Phi) is 3.23. The van der Waals surface area contributed by atoms with Crippen molar-refractivity contribution in [3.8, 4) is 0 Å². The summed E-state index contributed by atoms with van der Waals surface area (Å²) in [6.45, 7) is 7.01. The summed E-state index contributed by atoms with van der Waals surface area (Å²) in [5.74, 6) is 0.286. The lowest BCUT2D eigenvalue weighted by molar-refractivity contribution is 0.576. The van der Waals surface area contributed by atoms with Crippen molar-refractivity contribution in [1.82, 2.24) is 4.98 Å². The van der Waals surface area contributed by atoms with Crippen LogP contribution < -0.4 is 4.90 Å². The molecule has 0 fully saturated rings. The van der Waals surface area contributed by atoms with Crippen molar-refractivity contribution in [3.63, 3.8) is 0 Å². The zero-order valence-corrected chi connectivity index (χ0v) is 8.29. The lowest BCUT2D eigenvalue weighted by Gasteiger charge is -2.25. The fourth-order valence-corrected chi connectivity index (χ4v) is 1.35. The molecule has 1 aromatic rings. The molecule has 0 amide bonds. The zero-order chi connectivity index (χ0) is 9.84. The Morgan fingerprint density at radius 1 is 1.46 bits per heavy atom. The van der Waals surface area contributed by atoms with Gasteiger partial charge in [0.2, 0.25) is 5.95 Å². The minimum absolute atomic E-state index is 0.347. The van der Waals surface area contributed by atoms with Crippen molar-refractivity contribution in [2.45, 2.75) is 26.8 Å². The largest absolute Gasteiger partial charge is 0.354 e.